The molecule has 7 nitrogen and oxygen atoms in total. The maximum atomic E-state index is 13.9. The average Bonchev–Trinajstić information content (AvgIpc) is 3.18. The van der Waals surface area contributed by atoms with Crippen molar-refractivity contribution in [2.75, 3.05) is 11.1 Å². The summed E-state index contributed by atoms with van der Waals surface area (Å²) in [5, 5.41) is 14.0. The van der Waals surface area contributed by atoms with Gasteiger partial charge in [-0.05, 0) is 44.2 Å². The minimum Gasteiger partial charge on any atom is -0.342 e. The fourth-order valence-electron chi connectivity index (χ4n) is 2.91. The van der Waals surface area contributed by atoms with E-state index in [1.807, 2.05) is 6.92 Å². The molecule has 1 heterocycles. The molecule has 32 heavy (non-hydrogen) atoms. The van der Waals surface area contributed by atoms with Crippen molar-refractivity contribution in [2.45, 2.75) is 31.6 Å². The third kappa shape index (κ3) is 5.63. The van der Waals surface area contributed by atoms with Crippen LogP contribution in [0.5, 0.6) is 0 Å². The standard InChI is InChI=1S/C21H20ClF2N5O2S/c1-3-29-19(12(2)25-20(31)14-6-4-5-7-16(14)23)27-28-21(29)32-11-18(30)26-13-8-9-17(24)15(22)10-13/h4-10,12H,3,11H2,1-2H3,(H,25,31)(H,26,30). The van der Waals surface area contributed by atoms with Crippen LogP contribution >= 0.6 is 23.4 Å². The Bertz CT molecular complexity index is 1140. The Morgan fingerprint density at radius 2 is 1.91 bits per heavy atom. The molecule has 0 aliphatic rings. The number of hydrogen-bond donors (Lipinski definition) is 2. The molecule has 3 rings (SSSR count). The molecule has 0 bridgehead atoms. The molecule has 1 aromatic heterocycles. The second-order valence-corrected chi connectivity index (χ2v) is 8.08. The number of aromatic nitrogens is 3. The van der Waals surface area contributed by atoms with Gasteiger partial charge in [0.15, 0.2) is 11.0 Å². The Hall–Kier alpha value is -2.98. The van der Waals surface area contributed by atoms with Crippen molar-refractivity contribution in [3.05, 3.63) is 70.5 Å². The number of rotatable bonds is 8. The average molecular weight is 480 g/mol. The Balaban J connectivity index is 1.63. The van der Waals surface area contributed by atoms with Crippen LogP contribution in [0.4, 0.5) is 14.5 Å². The monoisotopic (exact) mass is 479 g/mol. The molecule has 0 saturated carbocycles. The van der Waals surface area contributed by atoms with Gasteiger partial charge >= 0.3 is 0 Å². The predicted octanol–water partition coefficient (Wildman–Crippen LogP) is 4.45. The van der Waals surface area contributed by atoms with Gasteiger partial charge in [0.25, 0.3) is 5.91 Å². The van der Waals surface area contributed by atoms with Crippen LogP contribution in [0.2, 0.25) is 5.02 Å². The van der Waals surface area contributed by atoms with Gasteiger partial charge in [-0.2, -0.15) is 0 Å². The Morgan fingerprint density at radius 1 is 1.16 bits per heavy atom. The van der Waals surface area contributed by atoms with Crippen molar-refractivity contribution in [3.8, 4) is 0 Å². The van der Waals surface area contributed by atoms with Crippen LogP contribution in [0.3, 0.4) is 0 Å². The minimum atomic E-state index is -0.612. The Kier molecular flexibility index (Phi) is 7.81. The number of hydrogen-bond acceptors (Lipinski definition) is 5. The molecule has 1 unspecified atom stereocenters. The summed E-state index contributed by atoms with van der Waals surface area (Å²) >= 11 is 6.88. The van der Waals surface area contributed by atoms with Gasteiger partial charge in [0.05, 0.1) is 22.4 Å². The zero-order chi connectivity index (χ0) is 23.3. The number of halogens is 3. The van der Waals surface area contributed by atoms with Crippen molar-refractivity contribution in [1.82, 2.24) is 20.1 Å². The molecule has 1 atom stereocenters. The molecule has 2 amide bonds. The van der Waals surface area contributed by atoms with Gasteiger partial charge in [-0.25, -0.2) is 8.78 Å². The van der Waals surface area contributed by atoms with E-state index in [4.69, 9.17) is 11.6 Å². The van der Waals surface area contributed by atoms with E-state index < -0.39 is 23.6 Å². The lowest BCUT2D eigenvalue weighted by atomic mass is 10.2. The fourth-order valence-corrected chi connectivity index (χ4v) is 3.90. The summed E-state index contributed by atoms with van der Waals surface area (Å²) in [6.07, 6.45) is 0. The molecule has 0 spiro atoms. The molecule has 0 aliphatic carbocycles. The first kappa shape index (κ1) is 23.7. The van der Waals surface area contributed by atoms with Crippen LogP contribution < -0.4 is 10.6 Å². The van der Waals surface area contributed by atoms with Crippen LogP contribution in [0.15, 0.2) is 47.6 Å². The molecule has 0 saturated heterocycles. The first-order chi connectivity index (χ1) is 15.3. The van der Waals surface area contributed by atoms with Gasteiger partial charge in [-0.3, -0.25) is 9.59 Å². The zero-order valence-corrected chi connectivity index (χ0v) is 18.8. The number of carbonyl (C=O) groups excluding carboxylic acids is 2. The number of amides is 2. The molecular formula is C21H20ClF2N5O2S. The van der Waals surface area contributed by atoms with Crippen molar-refractivity contribution < 1.29 is 18.4 Å². The maximum absolute atomic E-state index is 13.9. The van der Waals surface area contributed by atoms with Gasteiger partial charge in [-0.1, -0.05) is 35.5 Å². The molecule has 0 aliphatic heterocycles. The van der Waals surface area contributed by atoms with Crippen LogP contribution in [-0.2, 0) is 11.3 Å². The lowest BCUT2D eigenvalue weighted by Crippen LogP contribution is -2.29. The summed E-state index contributed by atoms with van der Waals surface area (Å²) in [7, 11) is 0. The van der Waals surface area contributed by atoms with Gasteiger partial charge in [0, 0.05) is 12.2 Å². The zero-order valence-electron chi connectivity index (χ0n) is 17.2. The Morgan fingerprint density at radius 3 is 2.59 bits per heavy atom. The molecular weight excluding hydrogens is 460 g/mol. The molecule has 11 heteroatoms. The smallest absolute Gasteiger partial charge is 0.254 e. The number of carbonyl (C=O) groups is 2. The SMILES string of the molecule is CCn1c(SCC(=O)Nc2ccc(F)c(Cl)c2)nnc1C(C)NC(=O)c1ccccc1F. The second-order valence-electron chi connectivity index (χ2n) is 6.73. The summed E-state index contributed by atoms with van der Waals surface area (Å²) in [6, 6.07) is 9.07. The molecule has 3 aromatic rings. The van der Waals surface area contributed by atoms with Crippen LogP contribution in [0.25, 0.3) is 0 Å². The predicted molar refractivity (Wildman–Crippen MR) is 119 cm³/mol. The highest BCUT2D eigenvalue weighted by Gasteiger charge is 2.21. The van der Waals surface area contributed by atoms with Crippen molar-refractivity contribution >= 4 is 40.9 Å². The summed E-state index contributed by atoms with van der Waals surface area (Å²) in [6.45, 7) is 4.09. The van der Waals surface area contributed by atoms with Gasteiger partial charge in [0.2, 0.25) is 5.91 Å². The third-order valence-corrected chi connectivity index (χ3v) is 5.71. The Labute approximate surface area is 192 Å². The lowest BCUT2D eigenvalue weighted by Gasteiger charge is -2.15. The number of benzene rings is 2. The lowest BCUT2D eigenvalue weighted by molar-refractivity contribution is -0.113. The third-order valence-electron chi connectivity index (χ3n) is 4.45. The van der Waals surface area contributed by atoms with E-state index in [0.29, 0.717) is 23.2 Å². The van der Waals surface area contributed by atoms with E-state index >= 15 is 0 Å². The van der Waals surface area contributed by atoms with Crippen molar-refractivity contribution in [1.29, 1.82) is 0 Å². The summed E-state index contributed by atoms with van der Waals surface area (Å²) in [5.41, 5.74) is 0.318. The summed E-state index contributed by atoms with van der Waals surface area (Å²) in [5.74, 6) is -1.56. The number of nitrogens with zero attached hydrogens (tertiary/aromatic N) is 3. The first-order valence-corrected chi connectivity index (χ1v) is 11.0. The highest BCUT2D eigenvalue weighted by molar-refractivity contribution is 7.99. The normalized spacial score (nSPS) is 11.8. The highest BCUT2D eigenvalue weighted by Crippen LogP contribution is 2.23. The van der Waals surface area contributed by atoms with Crippen molar-refractivity contribution in [2.24, 2.45) is 0 Å². The second kappa shape index (κ2) is 10.6. The van der Waals surface area contributed by atoms with E-state index in [1.165, 1.54) is 36.4 Å². The fraction of sp³-hybridized carbons (Fsp3) is 0.238. The first-order valence-electron chi connectivity index (χ1n) is 9.66. The van der Waals surface area contributed by atoms with Crippen molar-refractivity contribution in [3.63, 3.8) is 0 Å². The topological polar surface area (TPSA) is 88.9 Å². The molecule has 0 fully saturated rings. The quantitative estimate of drug-likeness (QED) is 0.466. The molecule has 2 N–H and O–H groups in total. The number of nitrogens with one attached hydrogen (secondary N) is 2. The van der Waals surface area contributed by atoms with E-state index in [2.05, 4.69) is 20.8 Å². The van der Waals surface area contributed by atoms with E-state index in [0.717, 1.165) is 11.8 Å². The van der Waals surface area contributed by atoms with Gasteiger partial charge in [0.1, 0.15) is 11.6 Å². The minimum absolute atomic E-state index is 0.0308. The van der Waals surface area contributed by atoms with Crippen LogP contribution in [0.1, 0.15) is 36.1 Å². The largest absolute Gasteiger partial charge is 0.342 e. The van der Waals surface area contributed by atoms with Gasteiger partial charge < -0.3 is 15.2 Å². The molecule has 0 radical (unpaired) electrons. The number of anilines is 1. The van der Waals surface area contributed by atoms with Crippen LogP contribution in [0, 0.1) is 11.6 Å². The van der Waals surface area contributed by atoms with E-state index in [1.54, 1.807) is 17.6 Å². The van der Waals surface area contributed by atoms with E-state index in [-0.39, 0.29) is 22.2 Å². The summed E-state index contributed by atoms with van der Waals surface area (Å²) in [4.78, 5) is 24.6. The maximum Gasteiger partial charge on any atom is 0.254 e. The summed E-state index contributed by atoms with van der Waals surface area (Å²) < 4.78 is 28.9. The number of thioether (sulfide) groups is 1. The molecule has 168 valence electrons. The van der Waals surface area contributed by atoms with E-state index in [9.17, 15) is 18.4 Å². The van der Waals surface area contributed by atoms with Crippen LogP contribution in [-0.4, -0.2) is 32.3 Å². The molecule has 2 aromatic carbocycles. The highest BCUT2D eigenvalue weighted by atomic mass is 35.5. The van der Waals surface area contributed by atoms with Gasteiger partial charge in [-0.15, -0.1) is 10.2 Å².